The third kappa shape index (κ3) is 4.03. The van der Waals surface area contributed by atoms with Gasteiger partial charge in [0.25, 0.3) is 5.91 Å². The molecule has 4 fully saturated rings. The Bertz CT molecular complexity index is 972. The monoisotopic (exact) mass is 484 g/mol. The lowest BCUT2D eigenvalue weighted by atomic mass is 9.46. The smallest absolute Gasteiger partial charge is 0.326 e. The van der Waals surface area contributed by atoms with Crippen LogP contribution in [0.15, 0.2) is 16.8 Å². The largest absolute Gasteiger partial charge is 0.480 e. The van der Waals surface area contributed by atoms with Gasteiger partial charge in [-0.2, -0.15) is 0 Å². The number of carboxylic acid groups (broad SMARTS) is 1. The van der Waals surface area contributed by atoms with Crippen LogP contribution in [0.5, 0.6) is 0 Å². The second kappa shape index (κ2) is 9.04. The molecular formula is C28H40N2O5. The van der Waals surface area contributed by atoms with Crippen LogP contribution in [0.2, 0.25) is 0 Å². The number of oxime groups is 1. The highest BCUT2D eigenvalue weighted by molar-refractivity contribution is 5.96. The first-order valence-corrected chi connectivity index (χ1v) is 13.6. The van der Waals surface area contributed by atoms with Crippen LogP contribution in [-0.4, -0.2) is 52.6 Å². The average Bonchev–Trinajstić information content (AvgIpc) is 3.44. The molecule has 5 rings (SSSR count). The fourth-order valence-corrected chi connectivity index (χ4v) is 8.89. The molecular weight excluding hydrogens is 444 g/mol. The van der Waals surface area contributed by atoms with Gasteiger partial charge in [-0.05, 0) is 106 Å². The van der Waals surface area contributed by atoms with Crippen LogP contribution >= 0.6 is 0 Å². The molecule has 0 spiro atoms. The van der Waals surface area contributed by atoms with Crippen LogP contribution in [0.4, 0.5) is 0 Å². The number of carbonyl (C=O) groups excluding carboxylic acids is 2. The Morgan fingerprint density at radius 1 is 1.09 bits per heavy atom. The Hall–Kier alpha value is -2.18. The zero-order valence-electron chi connectivity index (χ0n) is 21.4. The summed E-state index contributed by atoms with van der Waals surface area (Å²) in [5, 5.41) is 13.6. The van der Waals surface area contributed by atoms with Crippen molar-refractivity contribution >= 4 is 23.4 Å². The Morgan fingerprint density at radius 2 is 1.89 bits per heavy atom. The Morgan fingerprint density at radius 3 is 2.63 bits per heavy atom. The van der Waals surface area contributed by atoms with E-state index in [4.69, 9.17) is 4.84 Å². The lowest BCUT2D eigenvalue weighted by Crippen LogP contribution is -2.51. The summed E-state index contributed by atoms with van der Waals surface area (Å²) >= 11 is 0. The number of hydrogen-bond donors (Lipinski definition) is 1. The molecule has 1 aliphatic heterocycles. The summed E-state index contributed by atoms with van der Waals surface area (Å²) in [7, 11) is 0. The summed E-state index contributed by atoms with van der Waals surface area (Å²) in [6.45, 7) is 6.88. The second-order valence-corrected chi connectivity index (χ2v) is 12.2. The average molecular weight is 485 g/mol. The maximum Gasteiger partial charge on any atom is 0.326 e. The fraction of sp³-hybridized carbons (Fsp3) is 0.786. The van der Waals surface area contributed by atoms with Crippen LogP contribution in [0.3, 0.4) is 0 Å². The predicted octanol–water partition coefficient (Wildman–Crippen LogP) is 4.60. The highest BCUT2D eigenvalue weighted by Gasteiger charge is 2.59. The molecule has 0 aromatic rings. The predicted molar refractivity (Wildman–Crippen MR) is 132 cm³/mol. The molecule has 192 valence electrons. The Kier molecular flexibility index (Phi) is 6.33. The van der Waals surface area contributed by atoms with Gasteiger partial charge in [-0.15, -0.1) is 0 Å². The molecule has 7 nitrogen and oxygen atoms in total. The number of carbonyl (C=O) groups is 3. The molecule has 0 aromatic heterocycles. The number of carboxylic acids is 1. The standard InChI is InChI=1S/C28H40N2O5/c1-17(31)21-8-9-22-20-7-6-18-15-19(10-12-27(18,2)23(20)11-13-28(21,22)3)29-35-16-25(32)30-14-4-5-24(30)26(33)34/h15,20-24H,4-14,16H2,1-3H3,(H,33,34)/t20-,21?,22-,23-,24?,27-,28+/m0/s1. The lowest BCUT2D eigenvalue weighted by molar-refractivity contribution is -0.150. The van der Waals surface area contributed by atoms with Crippen molar-refractivity contribution in [3.8, 4) is 0 Å². The van der Waals surface area contributed by atoms with E-state index < -0.39 is 12.0 Å². The number of rotatable bonds is 5. The number of Topliss-reactive ketones (excluding diaryl/α,β-unsaturated/α-hetero) is 1. The van der Waals surface area contributed by atoms with Gasteiger partial charge in [0.05, 0.1) is 5.71 Å². The quantitative estimate of drug-likeness (QED) is 0.575. The highest BCUT2D eigenvalue weighted by atomic mass is 16.6. The maximum atomic E-state index is 12.5. The van der Waals surface area contributed by atoms with Gasteiger partial charge < -0.3 is 14.8 Å². The Balaban J connectivity index is 1.24. The van der Waals surface area contributed by atoms with Gasteiger partial charge in [0.15, 0.2) is 6.61 Å². The molecule has 1 heterocycles. The number of nitrogens with zero attached hydrogens (tertiary/aromatic N) is 2. The van der Waals surface area contributed by atoms with Crippen LogP contribution in [0.1, 0.15) is 85.0 Å². The lowest BCUT2D eigenvalue weighted by Gasteiger charge is -2.58. The minimum Gasteiger partial charge on any atom is -0.480 e. The highest BCUT2D eigenvalue weighted by Crippen LogP contribution is 2.66. The number of fused-ring (bicyclic) bond motifs is 5. The summed E-state index contributed by atoms with van der Waals surface area (Å²) in [6.07, 6.45) is 12.2. The summed E-state index contributed by atoms with van der Waals surface area (Å²) in [4.78, 5) is 43.0. The number of amides is 1. The van der Waals surface area contributed by atoms with Gasteiger partial charge in [0.2, 0.25) is 0 Å². The summed E-state index contributed by atoms with van der Waals surface area (Å²) in [6, 6.07) is -0.741. The third-order valence-corrected chi connectivity index (χ3v) is 10.7. The van der Waals surface area contributed by atoms with Crippen LogP contribution in [0, 0.1) is 34.5 Å². The van der Waals surface area contributed by atoms with Gasteiger partial charge in [-0.1, -0.05) is 24.6 Å². The SMILES string of the molecule is CC(=O)C1CC[C@H]2[C@@H]3CCC4=CC(=NOCC(=O)N5CCCC5C(=O)O)CC[C@]4(C)[C@H]3CC[C@]12C. The first-order chi connectivity index (χ1) is 16.6. The molecule has 35 heavy (non-hydrogen) atoms. The number of likely N-dealkylation sites (tertiary alicyclic amines) is 1. The van der Waals surface area contributed by atoms with Gasteiger partial charge in [0, 0.05) is 12.5 Å². The zero-order valence-corrected chi connectivity index (χ0v) is 21.4. The fourth-order valence-electron chi connectivity index (χ4n) is 8.89. The molecule has 3 saturated carbocycles. The van der Waals surface area contributed by atoms with Crippen molar-refractivity contribution in [2.45, 2.75) is 91.0 Å². The number of ketones is 1. The molecule has 5 aliphatic rings. The molecule has 7 heteroatoms. The molecule has 2 unspecified atom stereocenters. The van der Waals surface area contributed by atoms with Crippen molar-refractivity contribution in [1.82, 2.24) is 4.90 Å². The molecule has 4 aliphatic carbocycles. The minimum absolute atomic E-state index is 0.178. The summed E-state index contributed by atoms with van der Waals surface area (Å²) < 4.78 is 0. The van der Waals surface area contributed by atoms with E-state index >= 15 is 0 Å². The van der Waals surface area contributed by atoms with Crippen LogP contribution < -0.4 is 0 Å². The molecule has 7 atom stereocenters. The molecule has 0 aromatic carbocycles. The van der Waals surface area contributed by atoms with Crippen molar-refractivity contribution in [3.05, 3.63) is 11.6 Å². The number of allylic oxidation sites excluding steroid dienone is 2. The molecule has 0 bridgehead atoms. The first-order valence-electron chi connectivity index (χ1n) is 13.6. The first kappa shape index (κ1) is 24.5. The van der Waals surface area contributed by atoms with Gasteiger partial charge in [-0.25, -0.2) is 4.79 Å². The van der Waals surface area contributed by atoms with Crippen molar-refractivity contribution < 1.29 is 24.3 Å². The minimum atomic E-state index is -0.952. The van der Waals surface area contributed by atoms with E-state index in [1.165, 1.54) is 29.7 Å². The van der Waals surface area contributed by atoms with E-state index in [9.17, 15) is 19.5 Å². The van der Waals surface area contributed by atoms with Crippen LogP contribution in [-0.2, 0) is 19.2 Å². The summed E-state index contributed by atoms with van der Waals surface area (Å²) in [5.41, 5.74) is 2.71. The van der Waals surface area contributed by atoms with Gasteiger partial charge >= 0.3 is 5.97 Å². The van der Waals surface area contributed by atoms with Crippen molar-refractivity contribution in [3.63, 3.8) is 0 Å². The summed E-state index contributed by atoms with van der Waals surface area (Å²) in [5.74, 6) is 1.41. The maximum absolute atomic E-state index is 12.5. The normalized spacial score (nSPS) is 41.6. The van der Waals surface area contributed by atoms with E-state index in [1.807, 2.05) is 0 Å². The van der Waals surface area contributed by atoms with Crippen LogP contribution in [0.25, 0.3) is 0 Å². The van der Waals surface area contributed by atoms with Gasteiger partial charge in [0.1, 0.15) is 11.8 Å². The zero-order chi connectivity index (χ0) is 25.0. The van der Waals surface area contributed by atoms with Crippen molar-refractivity contribution in [2.24, 2.45) is 39.7 Å². The van der Waals surface area contributed by atoms with E-state index in [2.05, 4.69) is 25.1 Å². The van der Waals surface area contributed by atoms with Gasteiger partial charge in [-0.3, -0.25) is 9.59 Å². The molecule has 1 saturated heterocycles. The molecule has 1 amide bonds. The topological polar surface area (TPSA) is 96.3 Å². The van der Waals surface area contributed by atoms with E-state index in [-0.39, 0.29) is 29.3 Å². The van der Waals surface area contributed by atoms with Crippen molar-refractivity contribution in [2.75, 3.05) is 13.2 Å². The van der Waals surface area contributed by atoms with E-state index in [0.717, 1.165) is 37.8 Å². The molecule has 0 radical (unpaired) electrons. The molecule has 1 N–H and O–H groups in total. The second-order valence-electron chi connectivity index (χ2n) is 12.2. The van der Waals surface area contributed by atoms with Crippen molar-refractivity contribution in [1.29, 1.82) is 0 Å². The van der Waals surface area contributed by atoms with E-state index in [1.54, 1.807) is 6.92 Å². The third-order valence-electron chi connectivity index (χ3n) is 10.7. The van der Waals surface area contributed by atoms with E-state index in [0.29, 0.717) is 42.9 Å². The number of aliphatic carboxylic acids is 1. The Labute approximate surface area is 208 Å². The number of hydrogen-bond acceptors (Lipinski definition) is 5.